The number of nitrogens with zero attached hydrogens (tertiary/aromatic N) is 1. The molecule has 2 atom stereocenters. The number of carbonyl (C=O) groups is 4. The highest BCUT2D eigenvalue weighted by Gasteiger charge is 2.57. The smallest absolute Gasteiger partial charge is 0.330 e. The topological polar surface area (TPSA) is 105 Å². The SMILES string of the molecule is CC(C)(C)NC(=O)NC(=O)COC(=O)[C@@H]1CS[C@]2(c3ccccc3)CCC(=O)N12. The summed E-state index contributed by atoms with van der Waals surface area (Å²) in [5.41, 5.74) is 0.474. The molecule has 2 N–H and O–H groups in total. The number of fused-ring (bicyclic) bond motifs is 1. The first kappa shape index (κ1) is 21.2. The van der Waals surface area contributed by atoms with Gasteiger partial charge in [-0.1, -0.05) is 30.3 Å². The lowest BCUT2D eigenvalue weighted by atomic mass is 10.0. The normalized spacial score (nSPS) is 23.5. The number of thioether (sulfide) groups is 1. The standard InChI is InChI=1S/C20H25N3O5S/c1-19(2,3)22-18(27)21-15(24)11-28-17(26)14-12-29-20(10-9-16(25)23(14)20)13-7-5-4-6-8-13/h4-8,14H,9-12H2,1-3H3,(H2,21,22,24,27)/t14-,20-/m0/s1. The Balaban J connectivity index is 1.61. The maximum atomic E-state index is 12.6. The number of esters is 1. The lowest BCUT2D eigenvalue weighted by Gasteiger charge is -2.33. The average molecular weight is 420 g/mol. The molecule has 0 aromatic heterocycles. The minimum absolute atomic E-state index is 0.102. The quantitative estimate of drug-likeness (QED) is 0.721. The molecule has 2 fully saturated rings. The van der Waals surface area contributed by atoms with Crippen molar-refractivity contribution in [2.45, 2.75) is 50.1 Å². The fourth-order valence-electron chi connectivity index (χ4n) is 3.58. The van der Waals surface area contributed by atoms with E-state index in [0.29, 0.717) is 18.6 Å². The van der Waals surface area contributed by atoms with E-state index in [1.807, 2.05) is 30.3 Å². The first-order valence-corrected chi connectivity index (χ1v) is 10.4. The summed E-state index contributed by atoms with van der Waals surface area (Å²) in [7, 11) is 0. The van der Waals surface area contributed by atoms with Crippen LogP contribution in [0.1, 0.15) is 39.2 Å². The molecule has 0 aliphatic carbocycles. The van der Waals surface area contributed by atoms with Gasteiger partial charge in [0, 0.05) is 17.7 Å². The molecule has 9 heteroatoms. The Morgan fingerprint density at radius 1 is 1.24 bits per heavy atom. The highest BCUT2D eigenvalue weighted by Crippen LogP contribution is 2.54. The molecule has 0 bridgehead atoms. The van der Waals surface area contributed by atoms with Crippen molar-refractivity contribution in [2.75, 3.05) is 12.4 Å². The van der Waals surface area contributed by atoms with Crippen molar-refractivity contribution >= 4 is 35.6 Å². The van der Waals surface area contributed by atoms with Gasteiger partial charge in [-0.15, -0.1) is 11.8 Å². The van der Waals surface area contributed by atoms with E-state index in [9.17, 15) is 19.2 Å². The maximum absolute atomic E-state index is 12.6. The van der Waals surface area contributed by atoms with Crippen LogP contribution < -0.4 is 10.6 Å². The second-order valence-corrected chi connectivity index (χ2v) is 9.40. The van der Waals surface area contributed by atoms with E-state index in [0.717, 1.165) is 5.56 Å². The van der Waals surface area contributed by atoms with Gasteiger partial charge >= 0.3 is 12.0 Å². The molecule has 29 heavy (non-hydrogen) atoms. The minimum Gasteiger partial charge on any atom is -0.454 e. The van der Waals surface area contributed by atoms with Crippen LogP contribution in [0.3, 0.4) is 0 Å². The van der Waals surface area contributed by atoms with Crippen molar-refractivity contribution in [1.29, 1.82) is 0 Å². The summed E-state index contributed by atoms with van der Waals surface area (Å²) in [5, 5.41) is 4.70. The highest BCUT2D eigenvalue weighted by molar-refractivity contribution is 8.00. The van der Waals surface area contributed by atoms with Crippen molar-refractivity contribution in [1.82, 2.24) is 15.5 Å². The summed E-state index contributed by atoms with van der Waals surface area (Å²) in [4.78, 5) is 49.8. The molecule has 0 saturated carbocycles. The fourth-order valence-corrected chi connectivity index (χ4v) is 5.22. The molecule has 0 radical (unpaired) electrons. The Morgan fingerprint density at radius 3 is 2.59 bits per heavy atom. The first-order valence-electron chi connectivity index (χ1n) is 9.43. The minimum atomic E-state index is -0.758. The number of urea groups is 1. The van der Waals surface area contributed by atoms with E-state index in [-0.39, 0.29) is 5.91 Å². The van der Waals surface area contributed by atoms with Gasteiger partial charge in [0.25, 0.3) is 5.91 Å². The third kappa shape index (κ3) is 4.55. The van der Waals surface area contributed by atoms with Gasteiger partial charge in [-0.2, -0.15) is 0 Å². The number of benzene rings is 1. The van der Waals surface area contributed by atoms with Crippen LogP contribution in [0.2, 0.25) is 0 Å². The predicted octanol–water partition coefficient (Wildman–Crippen LogP) is 1.74. The van der Waals surface area contributed by atoms with Crippen LogP contribution in [-0.4, -0.2) is 52.7 Å². The largest absolute Gasteiger partial charge is 0.454 e. The fraction of sp³-hybridized carbons (Fsp3) is 0.500. The van der Waals surface area contributed by atoms with Crippen molar-refractivity contribution in [2.24, 2.45) is 0 Å². The summed E-state index contributed by atoms with van der Waals surface area (Å²) < 4.78 is 5.12. The Labute approximate surface area is 173 Å². The Morgan fingerprint density at radius 2 is 1.93 bits per heavy atom. The van der Waals surface area contributed by atoms with Crippen molar-refractivity contribution < 1.29 is 23.9 Å². The molecule has 2 aliphatic rings. The number of rotatable bonds is 4. The lowest BCUT2D eigenvalue weighted by Crippen LogP contribution is -2.50. The molecule has 2 aliphatic heterocycles. The van der Waals surface area contributed by atoms with E-state index in [4.69, 9.17) is 4.74 Å². The summed E-state index contributed by atoms with van der Waals surface area (Å²) in [6.45, 7) is 4.75. The van der Waals surface area contributed by atoms with Crippen molar-refractivity contribution in [3.63, 3.8) is 0 Å². The van der Waals surface area contributed by atoms with Gasteiger partial charge in [0.2, 0.25) is 5.91 Å². The first-order chi connectivity index (χ1) is 13.6. The van der Waals surface area contributed by atoms with Crippen LogP contribution in [0.25, 0.3) is 0 Å². The van der Waals surface area contributed by atoms with E-state index >= 15 is 0 Å². The molecule has 0 spiro atoms. The van der Waals surface area contributed by atoms with Crippen LogP contribution in [0.15, 0.2) is 30.3 Å². The lowest BCUT2D eigenvalue weighted by molar-refractivity contribution is -0.156. The van der Waals surface area contributed by atoms with E-state index in [1.54, 1.807) is 37.4 Å². The summed E-state index contributed by atoms with van der Waals surface area (Å²) >= 11 is 1.54. The molecule has 1 aromatic carbocycles. The van der Waals surface area contributed by atoms with Gasteiger partial charge in [0.15, 0.2) is 6.61 Å². The van der Waals surface area contributed by atoms with Crippen LogP contribution in [0.4, 0.5) is 4.79 Å². The third-order valence-corrected chi connectivity index (χ3v) is 6.31. The van der Waals surface area contributed by atoms with Crippen LogP contribution in [0.5, 0.6) is 0 Å². The Bertz CT molecular complexity index is 823. The van der Waals surface area contributed by atoms with Gasteiger partial charge < -0.3 is 15.0 Å². The number of carbonyl (C=O) groups excluding carboxylic acids is 4. The predicted molar refractivity (Wildman–Crippen MR) is 108 cm³/mol. The molecule has 2 saturated heterocycles. The zero-order valence-corrected chi connectivity index (χ0v) is 17.5. The second-order valence-electron chi connectivity index (χ2n) is 8.10. The molecule has 1 aromatic rings. The number of hydrogen-bond donors (Lipinski definition) is 2. The van der Waals surface area contributed by atoms with Gasteiger partial charge in [-0.25, -0.2) is 9.59 Å². The average Bonchev–Trinajstić information content (AvgIpc) is 3.18. The second kappa shape index (κ2) is 8.06. The number of nitrogens with one attached hydrogen (secondary N) is 2. The van der Waals surface area contributed by atoms with Crippen LogP contribution >= 0.6 is 11.8 Å². The van der Waals surface area contributed by atoms with E-state index in [1.165, 1.54) is 0 Å². The molecule has 0 unspecified atom stereocenters. The van der Waals surface area contributed by atoms with E-state index in [2.05, 4.69) is 10.6 Å². The Hall–Kier alpha value is -2.55. The zero-order valence-electron chi connectivity index (χ0n) is 16.7. The van der Waals surface area contributed by atoms with Gasteiger partial charge in [0.05, 0.1) is 0 Å². The molecule has 2 heterocycles. The van der Waals surface area contributed by atoms with Gasteiger partial charge in [0.1, 0.15) is 10.9 Å². The number of imide groups is 1. The summed E-state index contributed by atoms with van der Waals surface area (Å²) in [6.07, 6.45) is 0.983. The van der Waals surface area contributed by atoms with E-state index < -0.39 is 41.0 Å². The number of amides is 4. The highest BCUT2D eigenvalue weighted by atomic mass is 32.2. The monoisotopic (exact) mass is 419 g/mol. The molecule has 4 amide bonds. The molecule has 8 nitrogen and oxygen atoms in total. The van der Waals surface area contributed by atoms with Gasteiger partial charge in [-0.05, 0) is 32.8 Å². The molecule has 3 rings (SSSR count). The van der Waals surface area contributed by atoms with Crippen LogP contribution in [0, 0.1) is 0 Å². The summed E-state index contributed by atoms with van der Waals surface area (Å²) in [6, 6.07) is 8.20. The van der Waals surface area contributed by atoms with Crippen molar-refractivity contribution in [3.8, 4) is 0 Å². The summed E-state index contributed by atoms with van der Waals surface area (Å²) in [5.74, 6) is -1.08. The van der Waals surface area contributed by atoms with Crippen LogP contribution in [-0.2, 0) is 24.0 Å². The Kier molecular flexibility index (Phi) is 5.88. The van der Waals surface area contributed by atoms with Crippen molar-refractivity contribution in [3.05, 3.63) is 35.9 Å². The molecular weight excluding hydrogens is 394 g/mol. The zero-order chi connectivity index (χ0) is 21.2. The molecular formula is C20H25N3O5S. The third-order valence-electron chi connectivity index (χ3n) is 4.71. The van der Waals surface area contributed by atoms with Gasteiger partial charge in [-0.3, -0.25) is 14.9 Å². The molecule has 156 valence electrons. The number of ether oxygens (including phenoxy) is 1. The number of hydrogen-bond acceptors (Lipinski definition) is 6. The maximum Gasteiger partial charge on any atom is 0.330 e.